The normalized spacial score (nSPS) is 21.0. The highest BCUT2D eigenvalue weighted by atomic mass is 32.1. The molecule has 0 saturated carbocycles. The first kappa shape index (κ1) is 12.8. The zero-order valence-electron chi connectivity index (χ0n) is 11.4. The number of hydrogen-bond acceptors (Lipinski definition) is 6. The molecule has 0 saturated heterocycles. The number of hydrogen-bond donors (Lipinski definition) is 3. The maximum atomic E-state index is 12.8. The van der Waals surface area contributed by atoms with Crippen LogP contribution in [-0.4, -0.2) is 38.8 Å². The van der Waals surface area contributed by atoms with Gasteiger partial charge in [-0.15, -0.1) is 11.3 Å². The number of nitrogens with one attached hydrogen (secondary N) is 2. The van der Waals surface area contributed by atoms with Crippen LogP contribution in [-0.2, 0) is 24.2 Å². The van der Waals surface area contributed by atoms with Crippen LogP contribution >= 0.6 is 11.3 Å². The molecule has 4 N–H and O–H groups in total. The van der Waals surface area contributed by atoms with E-state index in [0.717, 1.165) is 41.3 Å². The van der Waals surface area contributed by atoms with Crippen molar-refractivity contribution < 1.29 is 4.79 Å². The van der Waals surface area contributed by atoms with Gasteiger partial charge in [0.05, 0.1) is 24.3 Å². The van der Waals surface area contributed by atoms with Crippen molar-refractivity contribution in [2.24, 2.45) is 0 Å². The number of aromatic amines is 1. The average molecular weight is 304 g/mol. The van der Waals surface area contributed by atoms with E-state index in [2.05, 4.69) is 20.3 Å². The largest absolute Gasteiger partial charge is 0.375 e. The van der Waals surface area contributed by atoms with Gasteiger partial charge in [0.15, 0.2) is 5.13 Å². The number of nitrogens with zero attached hydrogens (tertiary/aromatic N) is 3. The molecule has 0 bridgehead atoms. The van der Waals surface area contributed by atoms with Crippen LogP contribution in [0.1, 0.15) is 28.0 Å². The summed E-state index contributed by atoms with van der Waals surface area (Å²) in [6, 6.07) is -0.341. The van der Waals surface area contributed by atoms with E-state index >= 15 is 0 Å². The van der Waals surface area contributed by atoms with Crippen molar-refractivity contribution in [1.82, 2.24) is 25.2 Å². The van der Waals surface area contributed by atoms with Gasteiger partial charge in [0.1, 0.15) is 6.04 Å². The van der Waals surface area contributed by atoms with Crippen LogP contribution in [0, 0.1) is 0 Å². The van der Waals surface area contributed by atoms with E-state index in [1.165, 1.54) is 11.3 Å². The molecule has 2 aliphatic heterocycles. The number of carbonyl (C=O) groups is 1. The minimum Gasteiger partial charge on any atom is -0.375 e. The molecule has 0 radical (unpaired) electrons. The Morgan fingerprint density at radius 3 is 3.29 bits per heavy atom. The maximum Gasteiger partial charge on any atom is 0.246 e. The van der Waals surface area contributed by atoms with Crippen LogP contribution in [0.15, 0.2) is 6.33 Å². The van der Waals surface area contributed by atoms with E-state index in [4.69, 9.17) is 5.73 Å². The minimum absolute atomic E-state index is 0.0840. The van der Waals surface area contributed by atoms with E-state index in [1.807, 2.05) is 4.90 Å². The number of H-pyrrole nitrogens is 1. The van der Waals surface area contributed by atoms with Gasteiger partial charge in [0.2, 0.25) is 5.91 Å². The summed E-state index contributed by atoms with van der Waals surface area (Å²) in [5.74, 6) is 0.0840. The summed E-state index contributed by atoms with van der Waals surface area (Å²) in [5, 5.41) is 3.86. The lowest BCUT2D eigenvalue weighted by Crippen LogP contribution is -2.45. The van der Waals surface area contributed by atoms with Gasteiger partial charge in [-0.3, -0.25) is 4.79 Å². The molecule has 21 heavy (non-hydrogen) atoms. The standard InChI is InChI=1S/C13H16N6OS/c14-13-18-7-2-4-19(5-9(7)21-13)12(20)11-10-8(1-3-15-11)16-6-17-10/h6,11,15H,1-5H2,(H2,14,18)(H,16,17). The Balaban J connectivity index is 1.57. The highest BCUT2D eigenvalue weighted by molar-refractivity contribution is 7.15. The molecule has 0 aromatic carbocycles. The van der Waals surface area contributed by atoms with Gasteiger partial charge < -0.3 is 20.9 Å². The third-order valence-electron chi connectivity index (χ3n) is 4.05. The highest BCUT2D eigenvalue weighted by Gasteiger charge is 2.33. The molecule has 0 fully saturated rings. The number of imidazole rings is 1. The van der Waals surface area contributed by atoms with Crippen molar-refractivity contribution in [1.29, 1.82) is 0 Å². The van der Waals surface area contributed by atoms with Gasteiger partial charge in [-0.05, 0) is 0 Å². The zero-order valence-corrected chi connectivity index (χ0v) is 12.2. The van der Waals surface area contributed by atoms with Crippen molar-refractivity contribution in [3.63, 3.8) is 0 Å². The van der Waals surface area contributed by atoms with Crippen LogP contribution in [0.2, 0.25) is 0 Å². The Bertz CT molecular complexity index is 693. The molecule has 2 aromatic heterocycles. The van der Waals surface area contributed by atoms with Crippen LogP contribution in [0.5, 0.6) is 0 Å². The maximum absolute atomic E-state index is 12.8. The van der Waals surface area contributed by atoms with Crippen molar-refractivity contribution in [3.05, 3.63) is 28.3 Å². The minimum atomic E-state index is -0.341. The van der Waals surface area contributed by atoms with E-state index in [1.54, 1.807) is 6.33 Å². The predicted molar refractivity (Wildman–Crippen MR) is 78.7 cm³/mol. The molecule has 4 rings (SSSR count). The smallest absolute Gasteiger partial charge is 0.246 e. The van der Waals surface area contributed by atoms with E-state index in [-0.39, 0.29) is 11.9 Å². The fourth-order valence-corrected chi connectivity index (χ4v) is 3.90. The summed E-state index contributed by atoms with van der Waals surface area (Å²) < 4.78 is 0. The Labute approximate surface area is 125 Å². The number of aromatic nitrogens is 3. The second kappa shape index (κ2) is 4.81. The Morgan fingerprint density at radius 2 is 2.38 bits per heavy atom. The first-order valence-corrected chi connectivity index (χ1v) is 7.82. The third kappa shape index (κ3) is 2.11. The fraction of sp³-hybridized carbons (Fsp3) is 0.462. The summed E-state index contributed by atoms with van der Waals surface area (Å²) in [5.41, 5.74) is 8.69. The fourth-order valence-electron chi connectivity index (χ4n) is 3.01. The SMILES string of the molecule is Nc1nc2c(s1)CN(C(=O)C1NCCc3[nH]cnc31)CC2. The van der Waals surface area contributed by atoms with E-state index < -0.39 is 0 Å². The molecule has 110 valence electrons. The van der Waals surface area contributed by atoms with Crippen LogP contribution in [0.4, 0.5) is 5.13 Å². The average Bonchev–Trinajstić information content (AvgIpc) is 3.09. The summed E-state index contributed by atoms with van der Waals surface area (Å²) in [7, 11) is 0. The quantitative estimate of drug-likeness (QED) is 0.700. The number of nitrogens with two attached hydrogens (primary N) is 1. The lowest BCUT2D eigenvalue weighted by molar-refractivity contribution is -0.134. The summed E-state index contributed by atoms with van der Waals surface area (Å²) in [4.78, 5) is 27.5. The van der Waals surface area contributed by atoms with Gasteiger partial charge >= 0.3 is 0 Å². The zero-order chi connectivity index (χ0) is 14.4. The number of fused-ring (bicyclic) bond motifs is 2. The Hall–Kier alpha value is -1.93. The first-order chi connectivity index (χ1) is 10.2. The van der Waals surface area contributed by atoms with Crippen LogP contribution in [0.3, 0.4) is 0 Å². The van der Waals surface area contributed by atoms with Crippen molar-refractivity contribution in [2.45, 2.75) is 25.4 Å². The highest BCUT2D eigenvalue weighted by Crippen LogP contribution is 2.29. The van der Waals surface area contributed by atoms with Gasteiger partial charge in [-0.1, -0.05) is 0 Å². The van der Waals surface area contributed by atoms with Gasteiger partial charge in [-0.25, -0.2) is 9.97 Å². The van der Waals surface area contributed by atoms with E-state index in [9.17, 15) is 4.79 Å². The molecule has 7 nitrogen and oxygen atoms in total. The van der Waals surface area contributed by atoms with E-state index in [0.29, 0.717) is 18.2 Å². The number of carbonyl (C=O) groups excluding carboxylic acids is 1. The number of nitrogen functional groups attached to an aromatic ring is 1. The second-order valence-corrected chi connectivity index (χ2v) is 6.45. The third-order valence-corrected chi connectivity index (χ3v) is 4.97. The molecule has 1 unspecified atom stereocenters. The van der Waals surface area contributed by atoms with Gasteiger partial charge in [-0.2, -0.15) is 0 Å². The molecule has 2 aliphatic rings. The molecule has 2 aromatic rings. The molecular formula is C13H16N6OS. The van der Waals surface area contributed by atoms with Crippen molar-refractivity contribution in [2.75, 3.05) is 18.8 Å². The molecule has 4 heterocycles. The molecule has 8 heteroatoms. The molecular weight excluding hydrogens is 288 g/mol. The number of thiazole rings is 1. The second-order valence-electron chi connectivity index (χ2n) is 5.34. The van der Waals surface area contributed by atoms with Gasteiger partial charge in [0, 0.05) is 36.5 Å². The number of anilines is 1. The molecule has 0 spiro atoms. The topological polar surface area (TPSA) is 99.9 Å². The monoisotopic (exact) mass is 304 g/mol. The van der Waals surface area contributed by atoms with Crippen molar-refractivity contribution in [3.8, 4) is 0 Å². The Kier molecular flexibility index (Phi) is 2.93. The molecule has 1 amide bonds. The number of rotatable bonds is 1. The molecule has 0 aliphatic carbocycles. The van der Waals surface area contributed by atoms with Crippen LogP contribution in [0.25, 0.3) is 0 Å². The Morgan fingerprint density at radius 1 is 1.48 bits per heavy atom. The van der Waals surface area contributed by atoms with Crippen molar-refractivity contribution >= 4 is 22.4 Å². The summed E-state index contributed by atoms with van der Waals surface area (Å²) in [6.45, 7) is 2.08. The lowest BCUT2D eigenvalue weighted by atomic mass is 10.0. The van der Waals surface area contributed by atoms with Gasteiger partial charge in [0.25, 0.3) is 0 Å². The summed E-state index contributed by atoms with van der Waals surface area (Å²) >= 11 is 1.48. The lowest BCUT2D eigenvalue weighted by Gasteiger charge is -2.31. The first-order valence-electron chi connectivity index (χ1n) is 7.01. The molecule has 1 atom stereocenters. The summed E-state index contributed by atoms with van der Waals surface area (Å²) in [6.07, 6.45) is 3.32. The van der Waals surface area contributed by atoms with Crippen LogP contribution < -0.4 is 11.1 Å². The predicted octanol–water partition coefficient (Wildman–Crippen LogP) is 0.220. The number of amides is 1.